The Kier molecular flexibility index (Phi) is 5.01. The Bertz CT molecular complexity index is 276. The number of likely N-dealkylation sites (tertiary alicyclic amines) is 1. The van der Waals surface area contributed by atoms with Gasteiger partial charge in [0.1, 0.15) is 0 Å². The zero-order valence-electron chi connectivity index (χ0n) is 11.7. The zero-order chi connectivity index (χ0) is 13.0. The lowest BCUT2D eigenvalue weighted by molar-refractivity contribution is -0.127. The molecule has 0 radical (unpaired) electrons. The standard InChI is InChI=1S/C14H27N3O/c1-3-11(2)16-14(18)13-5-4-10-17(13)12-6-8-15-9-7-12/h11-13,15H,3-10H2,1-2H3,(H,16,18). The summed E-state index contributed by atoms with van der Waals surface area (Å²) in [5.41, 5.74) is 0. The van der Waals surface area contributed by atoms with Gasteiger partial charge in [0, 0.05) is 12.1 Å². The van der Waals surface area contributed by atoms with Gasteiger partial charge in [-0.1, -0.05) is 6.92 Å². The predicted octanol–water partition coefficient (Wildman–Crippen LogP) is 1.12. The number of hydrogen-bond acceptors (Lipinski definition) is 3. The normalized spacial score (nSPS) is 28.2. The van der Waals surface area contributed by atoms with Crippen molar-refractivity contribution in [1.29, 1.82) is 0 Å². The largest absolute Gasteiger partial charge is 0.352 e. The topological polar surface area (TPSA) is 44.4 Å². The molecule has 18 heavy (non-hydrogen) atoms. The molecule has 0 aromatic heterocycles. The van der Waals surface area contributed by atoms with Gasteiger partial charge in [-0.2, -0.15) is 0 Å². The monoisotopic (exact) mass is 253 g/mol. The maximum Gasteiger partial charge on any atom is 0.237 e. The molecular formula is C14H27N3O. The molecule has 1 amide bonds. The van der Waals surface area contributed by atoms with Crippen molar-refractivity contribution >= 4 is 5.91 Å². The molecule has 2 saturated heterocycles. The fourth-order valence-electron chi connectivity index (χ4n) is 3.09. The first-order valence-electron chi connectivity index (χ1n) is 7.49. The Hall–Kier alpha value is -0.610. The van der Waals surface area contributed by atoms with E-state index in [1.807, 2.05) is 0 Å². The van der Waals surface area contributed by atoms with E-state index in [4.69, 9.17) is 0 Å². The minimum absolute atomic E-state index is 0.127. The van der Waals surface area contributed by atoms with Gasteiger partial charge in [-0.25, -0.2) is 0 Å². The van der Waals surface area contributed by atoms with E-state index in [9.17, 15) is 4.79 Å². The van der Waals surface area contributed by atoms with Crippen LogP contribution in [0, 0.1) is 0 Å². The number of nitrogens with zero attached hydrogens (tertiary/aromatic N) is 1. The third kappa shape index (κ3) is 3.23. The van der Waals surface area contributed by atoms with Crippen molar-refractivity contribution in [2.75, 3.05) is 19.6 Å². The van der Waals surface area contributed by atoms with Crippen molar-refractivity contribution in [3.05, 3.63) is 0 Å². The van der Waals surface area contributed by atoms with E-state index in [0.29, 0.717) is 12.1 Å². The van der Waals surface area contributed by atoms with Crippen molar-refractivity contribution in [1.82, 2.24) is 15.5 Å². The maximum absolute atomic E-state index is 12.3. The molecule has 2 rings (SSSR count). The summed E-state index contributed by atoms with van der Waals surface area (Å²) in [6.07, 6.45) is 5.58. The number of amides is 1. The van der Waals surface area contributed by atoms with E-state index in [1.54, 1.807) is 0 Å². The maximum atomic E-state index is 12.3. The molecule has 4 heteroatoms. The fraction of sp³-hybridized carbons (Fsp3) is 0.929. The van der Waals surface area contributed by atoms with Crippen LogP contribution in [0.1, 0.15) is 46.0 Å². The summed E-state index contributed by atoms with van der Waals surface area (Å²) >= 11 is 0. The molecule has 2 fully saturated rings. The number of piperidine rings is 1. The van der Waals surface area contributed by atoms with Crippen LogP contribution in [0.25, 0.3) is 0 Å². The van der Waals surface area contributed by atoms with Crippen molar-refractivity contribution < 1.29 is 4.79 Å². The molecule has 2 aliphatic rings. The highest BCUT2D eigenvalue weighted by molar-refractivity contribution is 5.82. The van der Waals surface area contributed by atoms with E-state index in [-0.39, 0.29) is 11.9 Å². The summed E-state index contributed by atoms with van der Waals surface area (Å²) < 4.78 is 0. The second-order valence-corrected chi connectivity index (χ2v) is 5.69. The van der Waals surface area contributed by atoms with Crippen LogP contribution < -0.4 is 10.6 Å². The first-order valence-corrected chi connectivity index (χ1v) is 7.49. The van der Waals surface area contributed by atoms with Crippen molar-refractivity contribution in [2.45, 2.75) is 64.1 Å². The molecule has 2 N–H and O–H groups in total. The third-order valence-corrected chi connectivity index (χ3v) is 4.38. The summed E-state index contributed by atoms with van der Waals surface area (Å²) in [5, 5.41) is 6.54. The highest BCUT2D eigenvalue weighted by Gasteiger charge is 2.35. The van der Waals surface area contributed by atoms with Crippen LogP contribution in [0.5, 0.6) is 0 Å². The summed E-state index contributed by atoms with van der Waals surface area (Å²) in [4.78, 5) is 14.8. The van der Waals surface area contributed by atoms with E-state index >= 15 is 0 Å². The average Bonchev–Trinajstić information content (AvgIpc) is 2.88. The predicted molar refractivity (Wildman–Crippen MR) is 73.5 cm³/mol. The number of carbonyl (C=O) groups excluding carboxylic acids is 1. The molecule has 0 bridgehead atoms. The molecule has 0 aromatic rings. The highest BCUT2D eigenvalue weighted by atomic mass is 16.2. The van der Waals surface area contributed by atoms with Crippen molar-refractivity contribution in [3.8, 4) is 0 Å². The van der Waals surface area contributed by atoms with Gasteiger partial charge in [-0.05, 0) is 58.7 Å². The minimum atomic E-state index is 0.127. The van der Waals surface area contributed by atoms with Crippen LogP contribution in [0.2, 0.25) is 0 Å². The Morgan fingerprint density at radius 1 is 1.39 bits per heavy atom. The lowest BCUT2D eigenvalue weighted by Crippen LogP contribution is -2.51. The number of rotatable bonds is 4. The second kappa shape index (κ2) is 6.53. The summed E-state index contributed by atoms with van der Waals surface area (Å²) in [7, 11) is 0. The molecule has 0 aromatic carbocycles. The third-order valence-electron chi connectivity index (χ3n) is 4.38. The van der Waals surface area contributed by atoms with Crippen LogP contribution in [0.4, 0.5) is 0 Å². The Labute approximate surface area is 110 Å². The molecule has 0 saturated carbocycles. The quantitative estimate of drug-likeness (QED) is 0.789. The molecule has 0 aliphatic carbocycles. The molecular weight excluding hydrogens is 226 g/mol. The van der Waals surface area contributed by atoms with E-state index in [1.165, 1.54) is 19.3 Å². The average molecular weight is 253 g/mol. The Balaban J connectivity index is 1.91. The lowest BCUT2D eigenvalue weighted by atomic mass is 10.0. The van der Waals surface area contributed by atoms with Gasteiger partial charge in [0.15, 0.2) is 0 Å². The Morgan fingerprint density at radius 2 is 2.11 bits per heavy atom. The van der Waals surface area contributed by atoms with Crippen molar-refractivity contribution in [2.24, 2.45) is 0 Å². The van der Waals surface area contributed by atoms with Gasteiger partial charge < -0.3 is 10.6 Å². The van der Waals surface area contributed by atoms with Gasteiger partial charge in [-0.3, -0.25) is 9.69 Å². The second-order valence-electron chi connectivity index (χ2n) is 5.69. The molecule has 0 spiro atoms. The Morgan fingerprint density at radius 3 is 2.78 bits per heavy atom. The van der Waals surface area contributed by atoms with Crippen LogP contribution in [0.15, 0.2) is 0 Å². The number of carbonyl (C=O) groups is 1. The minimum Gasteiger partial charge on any atom is -0.352 e. The SMILES string of the molecule is CCC(C)NC(=O)C1CCCN1C1CCNCC1. The van der Waals surface area contributed by atoms with Gasteiger partial charge in [0.25, 0.3) is 0 Å². The number of hydrogen-bond donors (Lipinski definition) is 2. The van der Waals surface area contributed by atoms with Crippen LogP contribution >= 0.6 is 0 Å². The zero-order valence-corrected chi connectivity index (χ0v) is 11.7. The first-order chi connectivity index (χ1) is 8.72. The lowest BCUT2D eigenvalue weighted by Gasteiger charge is -2.35. The molecule has 2 atom stereocenters. The molecule has 104 valence electrons. The number of nitrogens with one attached hydrogen (secondary N) is 2. The van der Waals surface area contributed by atoms with Gasteiger partial charge in [-0.15, -0.1) is 0 Å². The molecule has 4 nitrogen and oxygen atoms in total. The molecule has 2 heterocycles. The fourth-order valence-corrected chi connectivity index (χ4v) is 3.09. The van der Waals surface area contributed by atoms with E-state index in [0.717, 1.165) is 32.5 Å². The van der Waals surface area contributed by atoms with Crippen molar-refractivity contribution in [3.63, 3.8) is 0 Å². The smallest absolute Gasteiger partial charge is 0.237 e. The van der Waals surface area contributed by atoms with Gasteiger partial charge >= 0.3 is 0 Å². The van der Waals surface area contributed by atoms with Crippen LogP contribution in [-0.2, 0) is 4.79 Å². The highest BCUT2D eigenvalue weighted by Crippen LogP contribution is 2.24. The summed E-state index contributed by atoms with van der Waals surface area (Å²) in [6, 6.07) is 1.04. The van der Waals surface area contributed by atoms with Gasteiger partial charge in [0.05, 0.1) is 6.04 Å². The van der Waals surface area contributed by atoms with E-state index in [2.05, 4.69) is 29.4 Å². The summed E-state index contributed by atoms with van der Waals surface area (Å²) in [5.74, 6) is 0.250. The van der Waals surface area contributed by atoms with Crippen LogP contribution in [0.3, 0.4) is 0 Å². The molecule has 2 unspecified atom stereocenters. The summed E-state index contributed by atoms with van der Waals surface area (Å²) in [6.45, 7) is 7.50. The molecule has 2 aliphatic heterocycles. The van der Waals surface area contributed by atoms with Gasteiger partial charge in [0.2, 0.25) is 5.91 Å². The van der Waals surface area contributed by atoms with E-state index < -0.39 is 0 Å². The first kappa shape index (κ1) is 13.8. The van der Waals surface area contributed by atoms with Crippen LogP contribution in [-0.4, -0.2) is 48.6 Å².